The number of rotatable bonds is 0. The van der Waals surface area contributed by atoms with Gasteiger partial charge in [-0.25, -0.2) is 0 Å². The van der Waals surface area contributed by atoms with Crippen molar-refractivity contribution in [2.75, 3.05) is 11.9 Å². The van der Waals surface area contributed by atoms with Gasteiger partial charge in [0.25, 0.3) is 0 Å². The molecule has 1 unspecified atom stereocenters. The van der Waals surface area contributed by atoms with Gasteiger partial charge >= 0.3 is 0 Å². The number of aliphatic hydroxyl groups is 1. The molecule has 1 aromatic carbocycles. The average molecular weight is 275 g/mol. The van der Waals surface area contributed by atoms with Crippen molar-refractivity contribution in [2.24, 2.45) is 0 Å². The van der Waals surface area contributed by atoms with Gasteiger partial charge in [0, 0.05) is 21.4 Å². The minimum absolute atomic E-state index is 0.283. The molecular formula is C9H10INO. The summed E-state index contributed by atoms with van der Waals surface area (Å²) in [5.41, 5.74) is 2.14. The molecule has 0 aliphatic carbocycles. The third kappa shape index (κ3) is 1.31. The van der Waals surface area contributed by atoms with Gasteiger partial charge in [-0.3, -0.25) is 0 Å². The molecule has 12 heavy (non-hydrogen) atoms. The van der Waals surface area contributed by atoms with Crippen molar-refractivity contribution < 1.29 is 5.11 Å². The highest BCUT2D eigenvalue weighted by Crippen LogP contribution is 2.32. The molecule has 0 spiro atoms. The van der Waals surface area contributed by atoms with Crippen LogP contribution in [0.1, 0.15) is 18.1 Å². The summed E-state index contributed by atoms with van der Waals surface area (Å²) in [7, 11) is 0. The zero-order valence-corrected chi connectivity index (χ0v) is 8.71. The molecule has 1 aliphatic heterocycles. The van der Waals surface area contributed by atoms with E-state index in [0.717, 1.165) is 27.8 Å². The lowest BCUT2D eigenvalue weighted by Gasteiger charge is -2.23. The molecule has 0 amide bonds. The van der Waals surface area contributed by atoms with Gasteiger partial charge < -0.3 is 10.4 Å². The van der Waals surface area contributed by atoms with E-state index in [0.29, 0.717) is 0 Å². The molecule has 64 valence electrons. The van der Waals surface area contributed by atoms with Crippen LogP contribution in [0.25, 0.3) is 0 Å². The summed E-state index contributed by atoms with van der Waals surface area (Å²) in [5, 5.41) is 13.0. The largest absolute Gasteiger partial charge is 0.388 e. The topological polar surface area (TPSA) is 32.3 Å². The Balaban J connectivity index is 2.53. The fraction of sp³-hybridized carbons (Fsp3) is 0.333. The lowest BCUT2D eigenvalue weighted by Crippen LogP contribution is -2.17. The molecule has 0 fully saturated rings. The number of aliphatic hydroxyl groups excluding tert-OH is 1. The predicted molar refractivity (Wildman–Crippen MR) is 57.2 cm³/mol. The van der Waals surface area contributed by atoms with E-state index in [1.165, 1.54) is 0 Å². The number of hydrogen-bond acceptors (Lipinski definition) is 2. The normalized spacial score (nSPS) is 21.3. The van der Waals surface area contributed by atoms with Gasteiger partial charge in [0.2, 0.25) is 0 Å². The summed E-state index contributed by atoms with van der Waals surface area (Å²) in [5.74, 6) is 0. The van der Waals surface area contributed by atoms with E-state index in [-0.39, 0.29) is 6.10 Å². The van der Waals surface area contributed by atoms with Crippen molar-refractivity contribution in [3.05, 3.63) is 27.3 Å². The first-order valence-corrected chi connectivity index (χ1v) is 5.07. The second-order valence-corrected chi connectivity index (χ2v) is 4.09. The highest BCUT2D eigenvalue weighted by atomic mass is 127. The standard InChI is InChI=1S/C9H10INO/c10-6-2-1-3-7-9(6)8(12)4-5-11-7/h1-3,8,11-12H,4-5H2. The van der Waals surface area contributed by atoms with Crippen LogP contribution in [0.2, 0.25) is 0 Å². The lowest BCUT2D eigenvalue weighted by atomic mass is 10.0. The molecule has 2 nitrogen and oxygen atoms in total. The lowest BCUT2D eigenvalue weighted by molar-refractivity contribution is 0.167. The summed E-state index contributed by atoms with van der Waals surface area (Å²) in [6.07, 6.45) is 0.530. The molecule has 0 saturated heterocycles. The predicted octanol–water partition coefficient (Wildman–Crippen LogP) is 2.14. The number of benzene rings is 1. The fourth-order valence-corrected chi connectivity index (χ4v) is 2.38. The van der Waals surface area contributed by atoms with Crippen molar-refractivity contribution in [2.45, 2.75) is 12.5 Å². The van der Waals surface area contributed by atoms with Gasteiger partial charge in [-0.2, -0.15) is 0 Å². The van der Waals surface area contributed by atoms with Crippen molar-refractivity contribution in [1.29, 1.82) is 0 Å². The van der Waals surface area contributed by atoms with Gasteiger partial charge in [0.05, 0.1) is 6.10 Å². The van der Waals surface area contributed by atoms with Crippen molar-refractivity contribution in [1.82, 2.24) is 0 Å². The molecule has 0 aromatic heterocycles. The van der Waals surface area contributed by atoms with Crippen LogP contribution in [-0.2, 0) is 0 Å². The molecule has 1 aliphatic rings. The maximum absolute atomic E-state index is 9.70. The second-order valence-electron chi connectivity index (χ2n) is 2.93. The van der Waals surface area contributed by atoms with E-state index in [1.54, 1.807) is 0 Å². The third-order valence-electron chi connectivity index (χ3n) is 2.12. The van der Waals surface area contributed by atoms with Gasteiger partial charge in [-0.05, 0) is 41.1 Å². The maximum atomic E-state index is 9.70. The summed E-state index contributed by atoms with van der Waals surface area (Å²) >= 11 is 2.26. The van der Waals surface area contributed by atoms with Crippen LogP contribution < -0.4 is 5.32 Å². The number of anilines is 1. The van der Waals surface area contributed by atoms with Gasteiger partial charge in [0.1, 0.15) is 0 Å². The van der Waals surface area contributed by atoms with Gasteiger partial charge in [-0.1, -0.05) is 6.07 Å². The monoisotopic (exact) mass is 275 g/mol. The molecule has 1 atom stereocenters. The fourth-order valence-electron chi connectivity index (χ4n) is 1.52. The van der Waals surface area contributed by atoms with Gasteiger partial charge in [0.15, 0.2) is 0 Å². The van der Waals surface area contributed by atoms with Crippen LogP contribution in [-0.4, -0.2) is 11.7 Å². The Kier molecular flexibility index (Phi) is 2.23. The van der Waals surface area contributed by atoms with Crippen LogP contribution in [0.3, 0.4) is 0 Å². The first-order chi connectivity index (χ1) is 5.79. The molecule has 1 aromatic rings. The Hall–Kier alpha value is -0.290. The van der Waals surface area contributed by atoms with Crippen LogP contribution in [0.5, 0.6) is 0 Å². The number of halogens is 1. The van der Waals surface area contributed by atoms with Crippen LogP contribution in [0.4, 0.5) is 5.69 Å². The van der Waals surface area contributed by atoms with Crippen LogP contribution in [0.15, 0.2) is 18.2 Å². The van der Waals surface area contributed by atoms with Crippen LogP contribution in [0, 0.1) is 3.57 Å². The smallest absolute Gasteiger partial charge is 0.0837 e. The van der Waals surface area contributed by atoms with E-state index in [1.807, 2.05) is 18.2 Å². The molecular weight excluding hydrogens is 265 g/mol. The highest BCUT2D eigenvalue weighted by Gasteiger charge is 2.19. The van der Waals surface area contributed by atoms with E-state index in [4.69, 9.17) is 0 Å². The van der Waals surface area contributed by atoms with E-state index >= 15 is 0 Å². The van der Waals surface area contributed by atoms with E-state index in [2.05, 4.69) is 27.9 Å². The van der Waals surface area contributed by atoms with E-state index in [9.17, 15) is 5.11 Å². The number of nitrogens with one attached hydrogen (secondary N) is 1. The average Bonchev–Trinajstić information content (AvgIpc) is 2.04. The van der Waals surface area contributed by atoms with Gasteiger partial charge in [-0.15, -0.1) is 0 Å². The molecule has 2 N–H and O–H groups in total. The van der Waals surface area contributed by atoms with E-state index < -0.39 is 0 Å². The SMILES string of the molecule is OC1CCNc2cccc(I)c21. The first kappa shape index (κ1) is 8.31. The quantitative estimate of drug-likeness (QED) is 0.711. The number of hydrogen-bond donors (Lipinski definition) is 2. The summed E-state index contributed by atoms with van der Waals surface area (Å²) in [6.45, 7) is 0.869. The van der Waals surface area contributed by atoms with Crippen molar-refractivity contribution in [3.63, 3.8) is 0 Å². The summed E-state index contributed by atoms with van der Waals surface area (Å²) < 4.78 is 1.14. The molecule has 0 saturated carbocycles. The third-order valence-corrected chi connectivity index (χ3v) is 3.06. The minimum atomic E-state index is -0.283. The molecule has 1 heterocycles. The number of fused-ring (bicyclic) bond motifs is 1. The maximum Gasteiger partial charge on any atom is 0.0837 e. The highest BCUT2D eigenvalue weighted by molar-refractivity contribution is 14.1. The van der Waals surface area contributed by atoms with Crippen LogP contribution >= 0.6 is 22.6 Å². The minimum Gasteiger partial charge on any atom is -0.388 e. The zero-order valence-electron chi connectivity index (χ0n) is 6.55. The molecule has 0 bridgehead atoms. The Bertz CT molecular complexity index is 301. The summed E-state index contributed by atoms with van der Waals surface area (Å²) in [4.78, 5) is 0. The molecule has 2 rings (SSSR count). The molecule has 0 radical (unpaired) electrons. The summed E-state index contributed by atoms with van der Waals surface area (Å²) in [6, 6.07) is 6.04. The Labute approximate surface area is 85.1 Å². The molecule has 3 heteroatoms. The van der Waals surface area contributed by atoms with Crippen molar-refractivity contribution in [3.8, 4) is 0 Å². The Morgan fingerprint density at radius 1 is 1.50 bits per heavy atom. The Morgan fingerprint density at radius 3 is 3.08 bits per heavy atom. The van der Waals surface area contributed by atoms with Crippen molar-refractivity contribution >= 4 is 28.3 Å². The Morgan fingerprint density at radius 2 is 2.33 bits per heavy atom. The first-order valence-electron chi connectivity index (χ1n) is 3.99. The zero-order chi connectivity index (χ0) is 8.55. The second kappa shape index (κ2) is 3.22.